The maximum atomic E-state index is 11.9. The number of aryl methyl sites for hydroxylation is 1. The van der Waals surface area contributed by atoms with E-state index in [-0.39, 0.29) is 11.2 Å². The zero-order valence-electron chi connectivity index (χ0n) is 15.0. The van der Waals surface area contributed by atoms with Gasteiger partial charge in [0.25, 0.3) is 5.56 Å². The second kappa shape index (κ2) is 8.81. The minimum Gasteiger partial charge on any atom is -0.369 e. The Bertz CT molecular complexity index is 838. The van der Waals surface area contributed by atoms with Crippen molar-refractivity contribution in [3.05, 3.63) is 54.9 Å². The van der Waals surface area contributed by atoms with Crippen LogP contribution in [0.25, 0.3) is 0 Å². The Morgan fingerprint density at radius 2 is 1.65 bits per heavy atom. The molecule has 140 valence electrons. The van der Waals surface area contributed by atoms with Gasteiger partial charge in [0.15, 0.2) is 0 Å². The Morgan fingerprint density at radius 1 is 1.00 bits per heavy atom. The summed E-state index contributed by atoms with van der Waals surface area (Å²) in [6.45, 7) is 5.79. The molecule has 7 nitrogen and oxygen atoms in total. The highest BCUT2D eigenvalue weighted by molar-refractivity contribution is 14.1. The summed E-state index contributed by atoms with van der Waals surface area (Å²) in [7, 11) is 1.48. The Kier molecular flexibility index (Phi) is 6.47. The monoisotopic (exact) mass is 467 g/mol. The van der Waals surface area contributed by atoms with E-state index in [4.69, 9.17) is 0 Å². The Balaban J connectivity index is 1.40. The second-order valence-corrected chi connectivity index (χ2v) is 7.81. The molecule has 0 atom stereocenters. The average Bonchev–Trinajstić information content (AvgIpc) is 2.66. The predicted octanol–water partition coefficient (Wildman–Crippen LogP) is 1.15. The minimum atomic E-state index is -0.364. The van der Waals surface area contributed by atoms with Gasteiger partial charge in [0.05, 0.1) is 0 Å². The number of nitrogens with zero attached hydrogens (tertiary/aromatic N) is 5. The van der Waals surface area contributed by atoms with Crippen molar-refractivity contribution < 1.29 is 0 Å². The fraction of sp³-hybridized carbons (Fsp3) is 0.500. The van der Waals surface area contributed by atoms with Gasteiger partial charge in [-0.25, -0.2) is 9.48 Å². The van der Waals surface area contributed by atoms with E-state index < -0.39 is 0 Å². The van der Waals surface area contributed by atoms with Crippen LogP contribution in [0, 0.1) is 3.57 Å². The van der Waals surface area contributed by atoms with Gasteiger partial charge in [-0.3, -0.25) is 14.3 Å². The molecule has 0 N–H and O–H groups in total. The molecule has 0 saturated carbocycles. The Labute approximate surface area is 166 Å². The molecule has 0 aliphatic carbocycles. The molecule has 1 aliphatic rings. The van der Waals surface area contributed by atoms with Gasteiger partial charge in [-0.05, 0) is 66.2 Å². The zero-order valence-corrected chi connectivity index (χ0v) is 17.1. The van der Waals surface area contributed by atoms with Crippen molar-refractivity contribution in [1.82, 2.24) is 19.2 Å². The highest BCUT2D eigenvalue weighted by Crippen LogP contribution is 2.18. The van der Waals surface area contributed by atoms with Gasteiger partial charge in [-0.15, -0.1) is 0 Å². The smallest absolute Gasteiger partial charge is 0.347 e. The van der Waals surface area contributed by atoms with Crippen LogP contribution in [0.2, 0.25) is 0 Å². The number of anilines is 1. The van der Waals surface area contributed by atoms with E-state index >= 15 is 0 Å². The maximum absolute atomic E-state index is 11.9. The van der Waals surface area contributed by atoms with E-state index in [9.17, 15) is 9.59 Å². The molecule has 1 aromatic carbocycles. The lowest BCUT2D eigenvalue weighted by Crippen LogP contribution is -2.46. The number of piperazine rings is 1. The minimum absolute atomic E-state index is 0.344. The summed E-state index contributed by atoms with van der Waals surface area (Å²) in [5.41, 5.74) is 0.589. The molecule has 26 heavy (non-hydrogen) atoms. The molecule has 1 aliphatic heterocycles. The average molecular weight is 467 g/mol. The third-order valence-corrected chi connectivity index (χ3v) is 5.52. The first-order chi connectivity index (χ1) is 12.5. The van der Waals surface area contributed by atoms with Crippen LogP contribution < -0.4 is 16.1 Å². The molecule has 2 heterocycles. The molecule has 0 bridgehead atoms. The lowest BCUT2D eigenvalue weighted by Gasteiger charge is -2.36. The number of hydrogen-bond donors (Lipinski definition) is 0. The van der Waals surface area contributed by atoms with E-state index in [1.54, 1.807) is 0 Å². The van der Waals surface area contributed by atoms with E-state index in [1.165, 1.54) is 27.2 Å². The number of rotatable bonds is 6. The van der Waals surface area contributed by atoms with Gasteiger partial charge >= 0.3 is 5.69 Å². The molecule has 1 aromatic heterocycles. The third kappa shape index (κ3) is 4.73. The summed E-state index contributed by atoms with van der Waals surface area (Å²) in [5.74, 6) is 0. The van der Waals surface area contributed by atoms with E-state index in [0.29, 0.717) is 6.54 Å². The summed E-state index contributed by atoms with van der Waals surface area (Å²) in [4.78, 5) is 28.2. The largest absolute Gasteiger partial charge is 0.369 e. The van der Waals surface area contributed by atoms with Crippen LogP contribution in [0.5, 0.6) is 0 Å². The highest BCUT2D eigenvalue weighted by Gasteiger charge is 2.16. The van der Waals surface area contributed by atoms with Crippen LogP contribution in [0.4, 0.5) is 5.69 Å². The first-order valence-corrected chi connectivity index (χ1v) is 9.98. The van der Waals surface area contributed by atoms with Gasteiger partial charge in [-0.1, -0.05) is 0 Å². The highest BCUT2D eigenvalue weighted by atomic mass is 125. The van der Waals surface area contributed by atoms with Gasteiger partial charge in [0.1, 0.15) is 6.20 Å². The van der Waals surface area contributed by atoms with Crippen molar-refractivity contribution in [3.63, 3.8) is 0 Å². The second-order valence-electron chi connectivity index (χ2n) is 6.56. The molecule has 0 radical (unpaired) electrons. The summed E-state index contributed by atoms with van der Waals surface area (Å²) >= 11 is 2.33. The number of hydrogen-bond acceptors (Lipinski definition) is 5. The normalized spacial score (nSPS) is 15.4. The summed E-state index contributed by atoms with van der Waals surface area (Å²) in [6, 6.07) is 8.68. The first kappa shape index (κ1) is 19.1. The van der Waals surface area contributed by atoms with Gasteiger partial charge in [0.2, 0.25) is 0 Å². The van der Waals surface area contributed by atoms with Gasteiger partial charge < -0.3 is 4.90 Å². The van der Waals surface area contributed by atoms with Crippen molar-refractivity contribution in [2.45, 2.75) is 19.4 Å². The number of halogens is 1. The predicted molar refractivity (Wildman–Crippen MR) is 111 cm³/mol. The van der Waals surface area contributed by atoms with E-state index in [0.717, 1.165) is 50.1 Å². The summed E-state index contributed by atoms with van der Waals surface area (Å²) in [6.07, 6.45) is 3.09. The molecule has 1 saturated heterocycles. The van der Waals surface area contributed by atoms with Crippen LogP contribution in [-0.4, -0.2) is 52.0 Å². The molecule has 0 amide bonds. The summed E-state index contributed by atoms with van der Waals surface area (Å²) < 4.78 is 3.73. The summed E-state index contributed by atoms with van der Waals surface area (Å²) in [5, 5.41) is 3.92. The molecule has 1 fully saturated rings. The van der Waals surface area contributed by atoms with Crippen LogP contribution in [-0.2, 0) is 13.6 Å². The third-order valence-electron chi connectivity index (χ3n) is 4.80. The Morgan fingerprint density at radius 3 is 2.35 bits per heavy atom. The van der Waals surface area contributed by atoms with Gasteiger partial charge in [0, 0.05) is 49.0 Å². The zero-order chi connectivity index (χ0) is 18.5. The van der Waals surface area contributed by atoms with Crippen LogP contribution >= 0.6 is 22.6 Å². The fourth-order valence-electron chi connectivity index (χ4n) is 3.15. The quantitative estimate of drug-likeness (QED) is 0.472. The van der Waals surface area contributed by atoms with Crippen LogP contribution in [0.3, 0.4) is 0 Å². The molecule has 8 heteroatoms. The lowest BCUT2D eigenvalue weighted by atomic mass is 10.2. The number of aromatic nitrogens is 3. The Hall–Kier alpha value is -1.68. The van der Waals surface area contributed by atoms with Crippen molar-refractivity contribution >= 4 is 28.3 Å². The topological polar surface area (TPSA) is 63.4 Å². The molecule has 2 aromatic rings. The van der Waals surface area contributed by atoms with Gasteiger partial charge in [-0.2, -0.15) is 5.10 Å². The SMILES string of the molecule is Cn1c(=O)cnn(CCCCN2CCN(c3ccc([125I])cc3)CC2)c1=O. The van der Waals surface area contributed by atoms with Crippen LogP contribution in [0.15, 0.2) is 40.1 Å². The van der Waals surface area contributed by atoms with Crippen molar-refractivity contribution in [2.75, 3.05) is 37.6 Å². The molecule has 0 unspecified atom stereocenters. The molecular weight excluding hydrogens is 443 g/mol. The van der Waals surface area contributed by atoms with Crippen LogP contribution in [0.1, 0.15) is 12.8 Å². The molecular formula is C18H24IN5O2. The van der Waals surface area contributed by atoms with E-state index in [2.05, 4.69) is 61.8 Å². The number of unbranched alkanes of at least 4 members (excludes halogenated alkanes) is 1. The maximum Gasteiger partial charge on any atom is 0.347 e. The number of benzene rings is 1. The van der Waals surface area contributed by atoms with E-state index in [1.807, 2.05) is 0 Å². The van der Waals surface area contributed by atoms with Crippen molar-refractivity contribution in [1.29, 1.82) is 0 Å². The first-order valence-electron chi connectivity index (χ1n) is 8.90. The lowest BCUT2D eigenvalue weighted by molar-refractivity contribution is 0.250. The molecule has 0 spiro atoms. The van der Waals surface area contributed by atoms with Crippen molar-refractivity contribution in [3.8, 4) is 0 Å². The van der Waals surface area contributed by atoms with Crippen molar-refractivity contribution in [2.24, 2.45) is 7.05 Å². The molecule has 3 rings (SSSR count). The standard InChI is InChI=1S/C18H24IN5O2/c1-21-17(25)14-20-24(18(21)26)9-3-2-8-22-10-12-23(13-11-22)16-6-4-15(19)5-7-16/h4-7,14H,2-3,8-13H2,1H3/i19-2. The fourth-order valence-corrected chi connectivity index (χ4v) is 3.51.